The number of nitrogens with zero attached hydrogens (tertiary/aromatic N) is 3. The van der Waals surface area contributed by atoms with Gasteiger partial charge in [-0.1, -0.05) is 42.5 Å². The molecule has 0 spiro atoms. The average molecular weight is 556 g/mol. The second kappa shape index (κ2) is 12.4. The third-order valence-corrected chi connectivity index (χ3v) is 8.81. The molecule has 2 fully saturated rings. The molecule has 2 aliphatic heterocycles. The van der Waals surface area contributed by atoms with Gasteiger partial charge in [0.05, 0.1) is 49.4 Å². The molecule has 5 rings (SSSR count). The molecule has 2 aliphatic rings. The monoisotopic (exact) mass is 555 g/mol. The molecule has 10 heteroatoms. The molecule has 2 atom stereocenters. The fourth-order valence-corrected chi connectivity index (χ4v) is 6.69. The molecule has 208 valence electrons. The van der Waals surface area contributed by atoms with Gasteiger partial charge in [-0.3, -0.25) is 4.79 Å². The second-order valence-corrected chi connectivity index (χ2v) is 12.1. The molecular formula is C29H34FN3O5S. The molecule has 2 aromatic carbocycles. The van der Waals surface area contributed by atoms with Gasteiger partial charge in [0.25, 0.3) is 0 Å². The first kappa shape index (κ1) is 27.5. The number of hydrogen-bond acceptors (Lipinski definition) is 6. The Kier molecular flexibility index (Phi) is 8.74. The van der Waals surface area contributed by atoms with Gasteiger partial charge < -0.3 is 18.9 Å². The highest BCUT2D eigenvalue weighted by Crippen LogP contribution is 2.24. The van der Waals surface area contributed by atoms with Gasteiger partial charge in [0.15, 0.2) is 0 Å². The second-order valence-electron chi connectivity index (χ2n) is 10.2. The van der Waals surface area contributed by atoms with Crippen molar-refractivity contribution in [3.8, 4) is 0 Å². The van der Waals surface area contributed by atoms with E-state index in [9.17, 15) is 17.6 Å². The molecule has 0 bridgehead atoms. The van der Waals surface area contributed by atoms with Crippen LogP contribution in [0.5, 0.6) is 0 Å². The topological polar surface area (TPSA) is 90.7 Å². The summed E-state index contributed by atoms with van der Waals surface area (Å²) in [5.74, 6) is -0.788. The lowest BCUT2D eigenvalue weighted by Gasteiger charge is -2.27. The van der Waals surface area contributed by atoms with Gasteiger partial charge in [-0.15, -0.1) is 0 Å². The number of imidazole rings is 1. The highest BCUT2D eigenvalue weighted by Gasteiger charge is 2.29. The van der Waals surface area contributed by atoms with Gasteiger partial charge in [0, 0.05) is 19.8 Å². The normalized spacial score (nSPS) is 19.4. The molecule has 0 radical (unpaired) electrons. The molecule has 2 saturated heterocycles. The quantitative estimate of drug-likeness (QED) is 0.356. The summed E-state index contributed by atoms with van der Waals surface area (Å²) >= 11 is 0. The molecule has 1 aromatic heterocycles. The molecule has 3 aromatic rings. The van der Waals surface area contributed by atoms with Crippen LogP contribution >= 0.6 is 0 Å². The van der Waals surface area contributed by atoms with Crippen molar-refractivity contribution in [1.29, 1.82) is 0 Å². The lowest BCUT2D eigenvalue weighted by atomic mass is 10.1. The maximum absolute atomic E-state index is 13.5. The van der Waals surface area contributed by atoms with E-state index >= 15 is 0 Å². The Hall–Kier alpha value is -3.08. The summed E-state index contributed by atoms with van der Waals surface area (Å²) in [5, 5.41) is -0.0649. The van der Waals surface area contributed by atoms with E-state index in [1.165, 1.54) is 24.3 Å². The maximum atomic E-state index is 13.5. The first-order chi connectivity index (χ1) is 18.9. The van der Waals surface area contributed by atoms with E-state index in [0.717, 1.165) is 31.2 Å². The van der Waals surface area contributed by atoms with Crippen molar-refractivity contribution in [3.05, 3.63) is 83.4 Å². The van der Waals surface area contributed by atoms with Crippen LogP contribution in [0.15, 0.2) is 66.0 Å². The zero-order valence-electron chi connectivity index (χ0n) is 21.9. The Balaban J connectivity index is 1.43. The summed E-state index contributed by atoms with van der Waals surface area (Å²) in [4.78, 5) is 19.6. The zero-order chi connectivity index (χ0) is 27.2. The number of sulfone groups is 1. The molecule has 8 nitrogen and oxygen atoms in total. The standard InChI is InChI=1S/C29H34FN3O5S/c30-24-12-10-23(11-13-24)21-39(35,36)29-31-17-25(33(29)20-27-9-5-15-38-27)18-32(19-26-8-4-14-37-26)28(34)16-22-6-2-1-3-7-22/h1-3,6-7,10-13,17,26-27H,4-5,8-9,14-16,18-21H2/t26-,27-/m0/s1. The van der Waals surface area contributed by atoms with Crippen LogP contribution < -0.4 is 0 Å². The van der Waals surface area contributed by atoms with E-state index in [0.29, 0.717) is 37.6 Å². The largest absolute Gasteiger partial charge is 0.376 e. The number of rotatable bonds is 11. The summed E-state index contributed by atoms with van der Waals surface area (Å²) in [5.41, 5.74) is 2.01. The third-order valence-electron chi connectivity index (χ3n) is 7.21. The van der Waals surface area contributed by atoms with Gasteiger partial charge in [0.1, 0.15) is 5.82 Å². The molecule has 0 aliphatic carbocycles. The molecule has 1 amide bonds. The number of carbonyl (C=O) groups excluding carboxylic acids is 1. The van der Waals surface area contributed by atoms with Crippen LogP contribution in [0.2, 0.25) is 0 Å². The van der Waals surface area contributed by atoms with Gasteiger partial charge in [-0.05, 0) is 48.9 Å². The van der Waals surface area contributed by atoms with Crippen molar-refractivity contribution in [3.63, 3.8) is 0 Å². The predicted molar refractivity (Wildman–Crippen MR) is 143 cm³/mol. The minimum Gasteiger partial charge on any atom is -0.376 e. The molecule has 0 N–H and O–H groups in total. The molecule has 0 saturated carbocycles. The predicted octanol–water partition coefficient (Wildman–Crippen LogP) is 3.93. The van der Waals surface area contributed by atoms with E-state index in [1.807, 2.05) is 30.3 Å². The SMILES string of the molecule is O=C(Cc1ccccc1)N(Cc1cnc(S(=O)(=O)Cc2ccc(F)cc2)n1C[C@@H]1CCCO1)C[C@@H]1CCCO1. The summed E-state index contributed by atoms with van der Waals surface area (Å²) in [6.07, 6.45) is 5.16. The number of hydrogen-bond donors (Lipinski definition) is 0. The van der Waals surface area contributed by atoms with E-state index in [1.54, 1.807) is 15.7 Å². The number of amides is 1. The van der Waals surface area contributed by atoms with Gasteiger partial charge in [-0.2, -0.15) is 0 Å². The highest BCUT2D eigenvalue weighted by molar-refractivity contribution is 7.90. The Morgan fingerprint density at radius 3 is 2.33 bits per heavy atom. The van der Waals surface area contributed by atoms with Crippen molar-refractivity contribution >= 4 is 15.7 Å². The number of halogens is 1. The van der Waals surface area contributed by atoms with E-state index in [2.05, 4.69) is 4.98 Å². The number of ether oxygens (including phenoxy) is 2. The lowest BCUT2D eigenvalue weighted by molar-refractivity contribution is -0.132. The summed E-state index contributed by atoms with van der Waals surface area (Å²) in [6, 6.07) is 15.0. The minimum absolute atomic E-state index is 0.0547. The van der Waals surface area contributed by atoms with Crippen molar-refractivity contribution in [1.82, 2.24) is 14.5 Å². The molecule has 39 heavy (non-hydrogen) atoms. The first-order valence-corrected chi connectivity index (χ1v) is 15.1. The Morgan fingerprint density at radius 1 is 0.974 bits per heavy atom. The minimum atomic E-state index is -3.86. The number of benzene rings is 2. The van der Waals surface area contributed by atoms with Gasteiger partial charge >= 0.3 is 0 Å². The van der Waals surface area contributed by atoms with Crippen molar-refractivity contribution in [2.24, 2.45) is 0 Å². The Labute approximate surface area is 228 Å². The van der Waals surface area contributed by atoms with Crippen LogP contribution in [0, 0.1) is 5.82 Å². The molecule has 0 unspecified atom stereocenters. The van der Waals surface area contributed by atoms with Gasteiger partial charge in [0.2, 0.25) is 20.9 Å². The highest BCUT2D eigenvalue weighted by atomic mass is 32.2. The molecular weight excluding hydrogens is 521 g/mol. The fraction of sp³-hybridized carbons (Fsp3) is 0.448. The summed E-state index contributed by atoms with van der Waals surface area (Å²) in [7, 11) is -3.86. The third kappa shape index (κ3) is 7.12. The van der Waals surface area contributed by atoms with Crippen LogP contribution in [-0.2, 0) is 49.4 Å². The van der Waals surface area contributed by atoms with Gasteiger partial charge in [-0.25, -0.2) is 17.8 Å². The zero-order valence-corrected chi connectivity index (χ0v) is 22.7. The number of aromatic nitrogens is 2. The van der Waals surface area contributed by atoms with Crippen LogP contribution in [0.3, 0.4) is 0 Å². The average Bonchev–Trinajstić information content (AvgIpc) is 3.70. The van der Waals surface area contributed by atoms with Crippen LogP contribution in [0.1, 0.15) is 42.5 Å². The Bertz CT molecular complexity index is 1350. The fourth-order valence-electron chi connectivity index (χ4n) is 5.18. The summed E-state index contributed by atoms with van der Waals surface area (Å²) < 4.78 is 53.8. The lowest BCUT2D eigenvalue weighted by Crippen LogP contribution is -2.38. The maximum Gasteiger partial charge on any atom is 0.228 e. The van der Waals surface area contributed by atoms with Crippen LogP contribution in [0.25, 0.3) is 0 Å². The molecule has 3 heterocycles. The summed E-state index contributed by atoms with van der Waals surface area (Å²) in [6.45, 7) is 2.26. The first-order valence-electron chi connectivity index (χ1n) is 13.4. The van der Waals surface area contributed by atoms with Crippen LogP contribution in [0.4, 0.5) is 4.39 Å². The van der Waals surface area contributed by atoms with Crippen molar-refractivity contribution < 1.29 is 27.1 Å². The van der Waals surface area contributed by atoms with Crippen molar-refractivity contribution in [2.45, 2.75) is 68.3 Å². The Morgan fingerprint density at radius 2 is 1.67 bits per heavy atom. The number of carbonyl (C=O) groups is 1. The van der Waals surface area contributed by atoms with E-state index < -0.39 is 15.7 Å². The van der Waals surface area contributed by atoms with E-state index in [4.69, 9.17) is 9.47 Å². The van der Waals surface area contributed by atoms with E-state index in [-0.39, 0.29) is 42.0 Å². The van der Waals surface area contributed by atoms with Crippen LogP contribution in [-0.4, -0.2) is 60.7 Å². The van der Waals surface area contributed by atoms with Crippen molar-refractivity contribution in [2.75, 3.05) is 19.8 Å². The smallest absolute Gasteiger partial charge is 0.228 e.